The van der Waals surface area contributed by atoms with Gasteiger partial charge in [0.2, 0.25) is 0 Å². The minimum Gasteiger partial charge on any atom is -0.466 e. The van der Waals surface area contributed by atoms with Crippen molar-refractivity contribution >= 4 is 0 Å². The first-order valence-electron chi connectivity index (χ1n) is 10.5. The minimum atomic E-state index is -0.292. The Bertz CT molecular complexity index is 1410. The van der Waals surface area contributed by atoms with Crippen molar-refractivity contribution in [1.82, 2.24) is 14.5 Å². The molecule has 3 aromatic rings. The molecule has 0 bridgehead atoms. The predicted molar refractivity (Wildman–Crippen MR) is 121 cm³/mol. The largest absolute Gasteiger partial charge is 0.466 e. The van der Waals surface area contributed by atoms with E-state index in [4.69, 9.17) is 4.42 Å². The monoisotopic (exact) mass is 427 g/mol. The molecule has 3 heterocycles. The minimum absolute atomic E-state index is 0.201. The van der Waals surface area contributed by atoms with E-state index in [1.54, 1.807) is 29.0 Å². The van der Waals surface area contributed by atoms with Crippen molar-refractivity contribution in [2.75, 3.05) is 0 Å². The number of fused-ring (bicyclic) bond motifs is 1. The maximum atomic E-state index is 14.4. The molecule has 1 N–H and O–H groups in total. The normalized spacial score (nSPS) is 11.3. The summed E-state index contributed by atoms with van der Waals surface area (Å²) in [4.78, 5) is 21.3. The first kappa shape index (κ1) is 20.0. The number of halogens is 1. The molecular formula is C26H22FN3O2. The van der Waals surface area contributed by atoms with Crippen molar-refractivity contribution in [3.05, 3.63) is 117 Å². The molecule has 160 valence electrons. The number of H-pyrrole nitrogens is 1. The van der Waals surface area contributed by atoms with Crippen LogP contribution in [0.1, 0.15) is 34.0 Å². The van der Waals surface area contributed by atoms with Crippen molar-refractivity contribution in [1.29, 1.82) is 0 Å². The Morgan fingerprint density at radius 2 is 1.78 bits per heavy atom. The summed E-state index contributed by atoms with van der Waals surface area (Å²) in [6.45, 7) is 3.87. The highest BCUT2D eigenvalue weighted by Gasteiger charge is 2.22. The van der Waals surface area contributed by atoms with Gasteiger partial charge in [-0.2, -0.15) is 0 Å². The lowest BCUT2D eigenvalue weighted by Crippen LogP contribution is -2.18. The fourth-order valence-corrected chi connectivity index (χ4v) is 3.91. The maximum Gasteiger partial charge on any atom is 0.278 e. The Labute approximate surface area is 184 Å². The number of nitrogens with zero attached hydrogens (tertiary/aromatic N) is 2. The Morgan fingerprint density at radius 1 is 1.03 bits per heavy atom. The highest BCUT2D eigenvalue weighted by Crippen LogP contribution is 2.24. The van der Waals surface area contributed by atoms with Gasteiger partial charge in [-0.15, -0.1) is 0 Å². The lowest BCUT2D eigenvalue weighted by molar-refractivity contribution is 0.489. The van der Waals surface area contributed by atoms with Gasteiger partial charge in [-0.25, -0.2) is 9.37 Å². The van der Waals surface area contributed by atoms with E-state index in [1.165, 1.54) is 6.07 Å². The molecule has 0 saturated heterocycles. The van der Waals surface area contributed by atoms with Gasteiger partial charge in [0.25, 0.3) is 5.56 Å². The van der Waals surface area contributed by atoms with Gasteiger partial charge in [-0.1, -0.05) is 48.5 Å². The quantitative estimate of drug-likeness (QED) is 0.420. The summed E-state index contributed by atoms with van der Waals surface area (Å²) in [5, 5.41) is 0. The number of benzene rings is 2. The van der Waals surface area contributed by atoms with E-state index in [2.05, 4.69) is 9.97 Å². The van der Waals surface area contributed by atoms with Gasteiger partial charge in [0.15, 0.2) is 5.82 Å². The fraction of sp³-hybridized carbons (Fsp3) is 0.154. The number of furan rings is 1. The number of aromatic amines is 1. The standard InChI is InChI=1S/C26H22FN3O2/c1-16-12-20(32-17(16)2)14-23-26(31)30-15-24(18-8-4-3-5-9-18)28-22(25(30)29-23)13-19-10-6-7-11-21(19)27/h3-12,15,28H,13-14H2,1-2H3. The molecule has 6 heteroatoms. The molecule has 0 radical (unpaired) electrons. The molecule has 2 aromatic carbocycles. The Kier molecular flexibility index (Phi) is 4.98. The highest BCUT2D eigenvalue weighted by molar-refractivity contribution is 5.60. The summed E-state index contributed by atoms with van der Waals surface area (Å²) in [7, 11) is 0. The molecule has 0 atom stereocenters. The van der Waals surface area contributed by atoms with Crippen molar-refractivity contribution in [2.45, 2.75) is 26.7 Å². The van der Waals surface area contributed by atoms with E-state index in [9.17, 15) is 9.18 Å². The van der Waals surface area contributed by atoms with Crippen LogP contribution in [0.4, 0.5) is 4.39 Å². The molecule has 0 unspecified atom stereocenters. The van der Waals surface area contributed by atoms with E-state index in [0.717, 1.165) is 22.6 Å². The molecular weight excluding hydrogens is 405 g/mol. The fourth-order valence-electron chi connectivity index (χ4n) is 3.91. The molecule has 0 spiro atoms. The van der Waals surface area contributed by atoms with E-state index in [1.807, 2.05) is 50.2 Å². The number of hydrogen-bond donors (Lipinski definition) is 1. The highest BCUT2D eigenvalue weighted by atomic mass is 19.1. The van der Waals surface area contributed by atoms with Crippen LogP contribution in [0.25, 0.3) is 17.1 Å². The topological polar surface area (TPSA) is 63.8 Å². The van der Waals surface area contributed by atoms with Crippen LogP contribution in [0.3, 0.4) is 0 Å². The lowest BCUT2D eigenvalue weighted by atomic mass is 10.1. The molecule has 32 heavy (non-hydrogen) atoms. The number of rotatable bonds is 5. The third kappa shape index (κ3) is 3.64. The number of aryl methyl sites for hydroxylation is 2. The second-order valence-electron chi connectivity index (χ2n) is 7.97. The number of hydrogen-bond acceptors (Lipinski definition) is 3. The van der Waals surface area contributed by atoms with E-state index < -0.39 is 0 Å². The van der Waals surface area contributed by atoms with Crippen LogP contribution < -0.4 is 5.56 Å². The van der Waals surface area contributed by atoms with Crippen molar-refractivity contribution in [3.63, 3.8) is 0 Å². The zero-order valence-electron chi connectivity index (χ0n) is 17.9. The molecule has 0 saturated carbocycles. The molecule has 1 aromatic heterocycles. The van der Waals surface area contributed by atoms with Crippen molar-refractivity contribution < 1.29 is 8.81 Å². The average molecular weight is 427 g/mol. The molecule has 5 nitrogen and oxygen atoms in total. The van der Waals surface area contributed by atoms with Gasteiger partial charge in [0.05, 0.1) is 17.8 Å². The summed E-state index contributed by atoms with van der Waals surface area (Å²) in [6, 6.07) is 18.3. The third-order valence-electron chi connectivity index (χ3n) is 5.72. The van der Waals surface area contributed by atoms with Crippen LogP contribution in [-0.4, -0.2) is 14.5 Å². The maximum absolute atomic E-state index is 14.4. The SMILES string of the molecule is Cc1cc(Cc2nc3c(Cc4ccccc4F)[nH]c(-c4ccccc4)cn-3c2=O)oc1C. The number of imidazole rings is 1. The second-order valence-corrected chi connectivity index (χ2v) is 7.97. The summed E-state index contributed by atoms with van der Waals surface area (Å²) in [5.74, 6) is 1.73. The average Bonchev–Trinajstić information content (AvgIpc) is 3.28. The van der Waals surface area contributed by atoms with E-state index in [-0.39, 0.29) is 17.8 Å². The summed E-state index contributed by atoms with van der Waals surface area (Å²) in [5.41, 5.74) is 4.12. The Morgan fingerprint density at radius 3 is 2.50 bits per heavy atom. The van der Waals surface area contributed by atoms with E-state index >= 15 is 0 Å². The zero-order chi connectivity index (χ0) is 22.2. The molecule has 2 aliphatic rings. The van der Waals surface area contributed by atoms with Crippen molar-refractivity contribution in [3.8, 4) is 17.1 Å². The van der Waals surface area contributed by atoms with Crippen LogP contribution >= 0.6 is 0 Å². The first-order valence-corrected chi connectivity index (χ1v) is 10.5. The van der Waals surface area contributed by atoms with E-state index in [0.29, 0.717) is 35.0 Å². The van der Waals surface area contributed by atoms with Crippen molar-refractivity contribution in [2.24, 2.45) is 0 Å². The first-order chi connectivity index (χ1) is 15.5. The lowest BCUT2D eigenvalue weighted by Gasteiger charge is -2.13. The molecule has 2 aliphatic heterocycles. The molecule has 0 amide bonds. The second kappa shape index (κ2) is 7.96. The summed E-state index contributed by atoms with van der Waals surface area (Å²) >= 11 is 0. The van der Waals surface area contributed by atoms with Crippen LogP contribution in [-0.2, 0) is 12.8 Å². The van der Waals surface area contributed by atoms with Gasteiger partial charge in [-0.3, -0.25) is 9.36 Å². The summed E-state index contributed by atoms with van der Waals surface area (Å²) in [6.07, 6.45) is 2.34. The van der Waals surface area contributed by atoms with Crippen LogP contribution in [0.15, 0.2) is 76.1 Å². The number of aromatic nitrogens is 3. The Balaban J connectivity index is 1.65. The molecule has 0 fully saturated rings. The van der Waals surface area contributed by atoms with Gasteiger partial charge < -0.3 is 9.40 Å². The van der Waals surface area contributed by atoms with Gasteiger partial charge in [0.1, 0.15) is 23.0 Å². The van der Waals surface area contributed by atoms with Gasteiger partial charge in [-0.05, 0) is 42.7 Å². The zero-order valence-corrected chi connectivity index (χ0v) is 17.9. The predicted octanol–water partition coefficient (Wildman–Crippen LogP) is 5.20. The molecule has 0 aliphatic carbocycles. The van der Waals surface area contributed by atoms with Gasteiger partial charge >= 0.3 is 0 Å². The summed E-state index contributed by atoms with van der Waals surface area (Å²) < 4.78 is 21.7. The third-order valence-corrected chi connectivity index (χ3v) is 5.72. The van der Waals surface area contributed by atoms with Crippen LogP contribution in [0, 0.1) is 19.7 Å². The van der Waals surface area contributed by atoms with Crippen LogP contribution in [0.5, 0.6) is 0 Å². The smallest absolute Gasteiger partial charge is 0.278 e. The van der Waals surface area contributed by atoms with Gasteiger partial charge in [0, 0.05) is 12.6 Å². The Hall–Kier alpha value is -3.93. The number of nitrogens with one attached hydrogen (secondary N) is 1. The van der Waals surface area contributed by atoms with Crippen LogP contribution in [0.2, 0.25) is 0 Å². The molecule has 5 rings (SSSR count).